The van der Waals surface area contributed by atoms with Gasteiger partial charge in [0.05, 0.1) is 13.2 Å². The molecule has 0 heterocycles. The number of guanidine groups is 1. The van der Waals surface area contributed by atoms with Crippen molar-refractivity contribution in [2.75, 3.05) is 20.6 Å². The minimum atomic E-state index is -0.0741. The van der Waals surface area contributed by atoms with Gasteiger partial charge in [0.1, 0.15) is 0 Å². The van der Waals surface area contributed by atoms with Crippen molar-refractivity contribution < 1.29 is 9.53 Å². The number of benzene rings is 3. The van der Waals surface area contributed by atoms with Gasteiger partial charge in [0.2, 0.25) is 0 Å². The molecule has 0 saturated heterocycles. The lowest BCUT2D eigenvalue weighted by atomic mass is 10.1. The summed E-state index contributed by atoms with van der Waals surface area (Å²) in [6.07, 6.45) is 0.791. The Morgan fingerprint density at radius 3 is 2.26 bits per heavy atom. The van der Waals surface area contributed by atoms with E-state index >= 15 is 0 Å². The molecule has 0 radical (unpaired) electrons. The second kappa shape index (κ2) is 15.1. The van der Waals surface area contributed by atoms with Gasteiger partial charge in [0.25, 0.3) is 5.91 Å². The largest absolute Gasteiger partial charge is 0.372 e. The van der Waals surface area contributed by atoms with Gasteiger partial charge >= 0.3 is 0 Å². The lowest BCUT2D eigenvalue weighted by molar-refractivity contribution is 0.0963. The second-order valence-electron chi connectivity index (χ2n) is 7.68. The average molecular weight is 572 g/mol. The third-order valence-corrected chi connectivity index (χ3v) is 5.18. The number of carbonyl (C=O) groups is 1. The quantitative estimate of drug-likeness (QED) is 0.193. The van der Waals surface area contributed by atoms with Crippen LogP contribution in [0.2, 0.25) is 0 Å². The van der Waals surface area contributed by atoms with E-state index in [1.54, 1.807) is 14.1 Å². The van der Waals surface area contributed by atoms with Crippen LogP contribution in [0, 0.1) is 0 Å². The van der Waals surface area contributed by atoms with E-state index in [-0.39, 0.29) is 29.9 Å². The molecule has 0 aromatic heterocycles. The summed E-state index contributed by atoms with van der Waals surface area (Å²) in [4.78, 5) is 16.1. The summed E-state index contributed by atoms with van der Waals surface area (Å²) in [5.74, 6) is 0.665. The molecule has 0 aliphatic carbocycles. The average Bonchev–Trinajstić information content (AvgIpc) is 2.86. The molecule has 0 aliphatic rings. The van der Waals surface area contributed by atoms with Gasteiger partial charge in [0.15, 0.2) is 5.96 Å². The number of halogens is 1. The van der Waals surface area contributed by atoms with Gasteiger partial charge in [0, 0.05) is 32.7 Å². The maximum absolute atomic E-state index is 11.8. The van der Waals surface area contributed by atoms with Crippen molar-refractivity contribution >= 4 is 35.8 Å². The van der Waals surface area contributed by atoms with Crippen molar-refractivity contribution in [1.82, 2.24) is 16.0 Å². The first-order valence-electron chi connectivity index (χ1n) is 11.1. The lowest BCUT2D eigenvalue weighted by Crippen LogP contribution is -2.37. The number of amides is 1. The number of nitrogens with zero attached hydrogens (tertiary/aromatic N) is 1. The van der Waals surface area contributed by atoms with Crippen LogP contribution in [0.1, 0.15) is 32.6 Å². The van der Waals surface area contributed by atoms with Gasteiger partial charge in [-0.2, -0.15) is 0 Å². The molecule has 3 aromatic carbocycles. The van der Waals surface area contributed by atoms with Gasteiger partial charge in [-0.15, -0.1) is 24.0 Å². The fourth-order valence-electron chi connectivity index (χ4n) is 3.43. The highest BCUT2D eigenvalue weighted by atomic mass is 127. The maximum Gasteiger partial charge on any atom is 0.251 e. The minimum Gasteiger partial charge on any atom is -0.372 e. The van der Waals surface area contributed by atoms with E-state index in [2.05, 4.69) is 51.3 Å². The molecule has 3 N–H and O–H groups in total. The zero-order valence-electron chi connectivity index (χ0n) is 19.7. The molecule has 3 aromatic rings. The summed E-state index contributed by atoms with van der Waals surface area (Å²) in [6, 6.07) is 26.2. The molecule has 3 rings (SSSR count). The second-order valence-corrected chi connectivity index (χ2v) is 7.68. The van der Waals surface area contributed by atoms with Crippen LogP contribution in [0.15, 0.2) is 83.9 Å². The van der Waals surface area contributed by atoms with Crippen LogP contribution in [0.25, 0.3) is 0 Å². The molecule has 0 saturated carbocycles. The van der Waals surface area contributed by atoms with Crippen molar-refractivity contribution in [3.63, 3.8) is 0 Å². The molecule has 34 heavy (non-hydrogen) atoms. The van der Waals surface area contributed by atoms with Crippen molar-refractivity contribution in [3.05, 3.63) is 107 Å². The van der Waals surface area contributed by atoms with Gasteiger partial charge in [-0.25, -0.2) is 0 Å². The predicted molar refractivity (Wildman–Crippen MR) is 149 cm³/mol. The molecular weight excluding hydrogens is 539 g/mol. The molecule has 0 aliphatic heterocycles. The summed E-state index contributed by atoms with van der Waals surface area (Å²) in [6.45, 7) is 2.55. The molecule has 7 heteroatoms. The lowest BCUT2D eigenvalue weighted by Gasteiger charge is -2.13. The zero-order chi connectivity index (χ0) is 23.3. The summed E-state index contributed by atoms with van der Waals surface area (Å²) < 4.78 is 5.85. The van der Waals surface area contributed by atoms with Crippen LogP contribution < -0.4 is 16.0 Å². The highest BCUT2D eigenvalue weighted by molar-refractivity contribution is 14.0. The molecule has 0 unspecified atom stereocenters. The van der Waals surface area contributed by atoms with Crippen LogP contribution in [-0.4, -0.2) is 32.5 Å². The standard InChI is InChI=1S/C27H32N4O2.HI/c1-28-26(32)25-13-7-10-21(17-25)14-15-30-27(29-2)31-18-23-11-6-12-24(16-23)20-33-19-22-8-4-3-5-9-22;/h3-13,16-17H,14-15,18-20H2,1-2H3,(H,28,32)(H2,29,30,31);1H. The van der Waals surface area contributed by atoms with Crippen molar-refractivity contribution in [2.45, 2.75) is 26.2 Å². The smallest absolute Gasteiger partial charge is 0.251 e. The van der Waals surface area contributed by atoms with E-state index in [0.717, 1.165) is 29.1 Å². The Kier molecular flexibility index (Phi) is 12.1. The number of aliphatic imine (C=N–C) groups is 1. The summed E-state index contributed by atoms with van der Waals surface area (Å²) in [5.41, 5.74) is 5.25. The first-order chi connectivity index (χ1) is 16.2. The van der Waals surface area contributed by atoms with Crippen LogP contribution in [-0.2, 0) is 30.9 Å². The number of hydrogen-bond acceptors (Lipinski definition) is 3. The zero-order valence-corrected chi connectivity index (χ0v) is 22.0. The van der Waals surface area contributed by atoms with E-state index in [9.17, 15) is 4.79 Å². The number of ether oxygens (including phenoxy) is 1. The van der Waals surface area contributed by atoms with Gasteiger partial charge in [-0.3, -0.25) is 9.79 Å². The van der Waals surface area contributed by atoms with E-state index < -0.39 is 0 Å². The van der Waals surface area contributed by atoms with Crippen LogP contribution in [0.5, 0.6) is 0 Å². The molecule has 1 amide bonds. The van der Waals surface area contributed by atoms with E-state index in [1.165, 1.54) is 5.56 Å². The number of hydrogen-bond donors (Lipinski definition) is 3. The monoisotopic (exact) mass is 572 g/mol. The third kappa shape index (κ3) is 9.15. The topological polar surface area (TPSA) is 74.8 Å². The number of carbonyl (C=O) groups excluding carboxylic acids is 1. The van der Waals surface area contributed by atoms with Crippen molar-refractivity contribution in [3.8, 4) is 0 Å². The number of rotatable bonds is 10. The van der Waals surface area contributed by atoms with Gasteiger partial charge in [-0.05, 0) is 40.8 Å². The van der Waals surface area contributed by atoms with Gasteiger partial charge in [-0.1, -0.05) is 66.7 Å². The van der Waals surface area contributed by atoms with E-state index in [1.807, 2.05) is 48.5 Å². The number of nitrogens with one attached hydrogen (secondary N) is 3. The van der Waals surface area contributed by atoms with E-state index in [0.29, 0.717) is 31.9 Å². The molecule has 0 bridgehead atoms. The molecule has 0 atom stereocenters. The highest BCUT2D eigenvalue weighted by Crippen LogP contribution is 2.09. The Balaban J connectivity index is 0.00000408. The molecule has 180 valence electrons. The van der Waals surface area contributed by atoms with Crippen molar-refractivity contribution in [1.29, 1.82) is 0 Å². The highest BCUT2D eigenvalue weighted by Gasteiger charge is 2.05. The van der Waals surface area contributed by atoms with Gasteiger partial charge < -0.3 is 20.7 Å². The molecule has 0 spiro atoms. The minimum absolute atomic E-state index is 0. The Morgan fingerprint density at radius 1 is 0.824 bits per heavy atom. The fraction of sp³-hybridized carbons (Fsp3) is 0.259. The first kappa shape index (κ1) is 27.3. The molecule has 0 fully saturated rings. The molecule has 6 nitrogen and oxygen atoms in total. The molecular formula is C27H33IN4O2. The Morgan fingerprint density at radius 2 is 1.50 bits per heavy atom. The summed E-state index contributed by atoms with van der Waals surface area (Å²) in [5, 5.41) is 9.34. The summed E-state index contributed by atoms with van der Waals surface area (Å²) in [7, 11) is 3.40. The predicted octanol–water partition coefficient (Wildman–Crippen LogP) is 4.29. The SMILES string of the molecule is CN=C(NCCc1cccc(C(=O)NC)c1)NCc1cccc(COCc2ccccc2)c1.I. The van der Waals surface area contributed by atoms with Crippen LogP contribution in [0.4, 0.5) is 0 Å². The fourth-order valence-corrected chi connectivity index (χ4v) is 3.43. The van der Waals surface area contributed by atoms with E-state index in [4.69, 9.17) is 4.74 Å². The Labute approximate surface area is 219 Å². The normalized spacial score (nSPS) is 10.8. The first-order valence-corrected chi connectivity index (χ1v) is 11.1. The van der Waals surface area contributed by atoms with Crippen molar-refractivity contribution in [2.24, 2.45) is 4.99 Å². The summed E-state index contributed by atoms with van der Waals surface area (Å²) >= 11 is 0. The van der Waals surface area contributed by atoms with Crippen LogP contribution >= 0.6 is 24.0 Å². The Bertz CT molecular complexity index is 1060. The third-order valence-electron chi connectivity index (χ3n) is 5.18. The van der Waals surface area contributed by atoms with Crippen LogP contribution in [0.3, 0.4) is 0 Å². The Hall–Kier alpha value is -2.91. The maximum atomic E-state index is 11.8.